The van der Waals surface area contributed by atoms with Gasteiger partial charge in [0.05, 0.1) is 12.7 Å². The van der Waals surface area contributed by atoms with E-state index in [9.17, 15) is 4.79 Å². The third-order valence-corrected chi connectivity index (χ3v) is 1.69. The zero-order valence-corrected chi connectivity index (χ0v) is 7.90. The van der Waals surface area contributed by atoms with Gasteiger partial charge in [-0.25, -0.2) is 4.79 Å². The summed E-state index contributed by atoms with van der Waals surface area (Å²) >= 11 is 0. The first-order valence-corrected chi connectivity index (χ1v) is 4.41. The number of rotatable bonds is 4. The van der Waals surface area contributed by atoms with E-state index in [1.54, 1.807) is 19.1 Å². The molecule has 1 saturated heterocycles. The van der Waals surface area contributed by atoms with E-state index in [0.717, 1.165) is 0 Å². The Hall–Kier alpha value is -1.09. The average molecular weight is 182 g/mol. The Kier molecular flexibility index (Phi) is 3.71. The van der Waals surface area contributed by atoms with Crippen molar-refractivity contribution in [3.05, 3.63) is 24.3 Å². The number of ether oxygens (including phenoxy) is 2. The standard InChI is InChI=1S/C10H14O3/c1-3-12-10(11)7-5-4-6-9-8(2)13-9/h4-9H,3H2,1-2H3/b6-4+,7-5+/t8-,9-/m1/s1. The molecule has 13 heavy (non-hydrogen) atoms. The fraction of sp³-hybridized carbons (Fsp3) is 0.500. The predicted molar refractivity (Wildman–Crippen MR) is 49.2 cm³/mol. The van der Waals surface area contributed by atoms with Gasteiger partial charge in [0.25, 0.3) is 0 Å². The highest BCUT2D eigenvalue weighted by molar-refractivity contribution is 5.82. The minimum Gasteiger partial charge on any atom is -0.463 e. The molecule has 0 bridgehead atoms. The molecule has 1 heterocycles. The molecule has 0 aromatic rings. The molecule has 0 aromatic heterocycles. The Morgan fingerprint density at radius 1 is 1.54 bits per heavy atom. The molecule has 0 N–H and O–H groups in total. The highest BCUT2D eigenvalue weighted by atomic mass is 16.6. The third kappa shape index (κ3) is 3.90. The van der Waals surface area contributed by atoms with Crippen molar-refractivity contribution >= 4 is 5.97 Å². The van der Waals surface area contributed by atoms with Crippen molar-refractivity contribution in [2.24, 2.45) is 0 Å². The van der Waals surface area contributed by atoms with Crippen LogP contribution in [0.4, 0.5) is 0 Å². The summed E-state index contributed by atoms with van der Waals surface area (Å²) in [4.78, 5) is 10.8. The second kappa shape index (κ2) is 4.82. The maximum atomic E-state index is 10.8. The van der Waals surface area contributed by atoms with Crippen LogP contribution in [0.2, 0.25) is 0 Å². The molecule has 1 aliphatic heterocycles. The average Bonchev–Trinajstić information content (AvgIpc) is 2.77. The number of carbonyl (C=O) groups is 1. The Morgan fingerprint density at radius 2 is 2.23 bits per heavy atom. The summed E-state index contributed by atoms with van der Waals surface area (Å²) in [7, 11) is 0. The zero-order chi connectivity index (χ0) is 9.68. The van der Waals surface area contributed by atoms with E-state index in [1.165, 1.54) is 6.08 Å². The van der Waals surface area contributed by atoms with Gasteiger partial charge >= 0.3 is 5.97 Å². The molecule has 0 spiro atoms. The highest BCUT2D eigenvalue weighted by Crippen LogP contribution is 2.21. The molecule has 0 saturated carbocycles. The number of allylic oxidation sites excluding steroid dienone is 2. The number of hydrogen-bond acceptors (Lipinski definition) is 3. The summed E-state index contributed by atoms with van der Waals surface area (Å²) in [5, 5.41) is 0. The number of esters is 1. The van der Waals surface area contributed by atoms with Crippen LogP contribution in [0.3, 0.4) is 0 Å². The van der Waals surface area contributed by atoms with Gasteiger partial charge in [-0.15, -0.1) is 0 Å². The van der Waals surface area contributed by atoms with Crippen LogP contribution in [0, 0.1) is 0 Å². The zero-order valence-electron chi connectivity index (χ0n) is 7.90. The van der Waals surface area contributed by atoms with Crippen LogP contribution in [-0.4, -0.2) is 24.8 Å². The molecular weight excluding hydrogens is 168 g/mol. The Balaban J connectivity index is 2.17. The van der Waals surface area contributed by atoms with Crippen LogP contribution < -0.4 is 0 Å². The Bertz CT molecular complexity index is 230. The molecule has 0 amide bonds. The van der Waals surface area contributed by atoms with Crippen molar-refractivity contribution in [1.82, 2.24) is 0 Å². The number of epoxide rings is 1. The van der Waals surface area contributed by atoms with Crippen molar-refractivity contribution in [2.45, 2.75) is 26.1 Å². The van der Waals surface area contributed by atoms with Gasteiger partial charge in [0.15, 0.2) is 0 Å². The number of carbonyl (C=O) groups excluding carboxylic acids is 1. The van der Waals surface area contributed by atoms with E-state index in [0.29, 0.717) is 12.7 Å². The molecular formula is C10H14O3. The van der Waals surface area contributed by atoms with E-state index in [2.05, 4.69) is 0 Å². The van der Waals surface area contributed by atoms with E-state index in [1.807, 2.05) is 13.0 Å². The molecule has 1 aliphatic rings. The van der Waals surface area contributed by atoms with E-state index < -0.39 is 0 Å². The third-order valence-electron chi connectivity index (χ3n) is 1.69. The van der Waals surface area contributed by atoms with Crippen LogP contribution in [0.1, 0.15) is 13.8 Å². The molecule has 0 aliphatic carbocycles. The maximum Gasteiger partial charge on any atom is 0.330 e. The maximum absolute atomic E-state index is 10.8. The monoisotopic (exact) mass is 182 g/mol. The predicted octanol–water partition coefficient (Wildman–Crippen LogP) is 1.45. The second-order valence-electron chi connectivity index (χ2n) is 2.80. The minimum atomic E-state index is -0.308. The first kappa shape index (κ1) is 9.99. The van der Waals surface area contributed by atoms with Gasteiger partial charge in [-0.2, -0.15) is 0 Å². The van der Waals surface area contributed by atoms with Crippen LogP contribution in [-0.2, 0) is 14.3 Å². The molecule has 3 heteroatoms. The Morgan fingerprint density at radius 3 is 2.77 bits per heavy atom. The van der Waals surface area contributed by atoms with Gasteiger partial charge in [0.2, 0.25) is 0 Å². The van der Waals surface area contributed by atoms with Gasteiger partial charge in [-0.1, -0.05) is 18.2 Å². The van der Waals surface area contributed by atoms with Gasteiger partial charge < -0.3 is 9.47 Å². The van der Waals surface area contributed by atoms with Crippen LogP contribution in [0.15, 0.2) is 24.3 Å². The van der Waals surface area contributed by atoms with Crippen LogP contribution in [0.25, 0.3) is 0 Å². The second-order valence-corrected chi connectivity index (χ2v) is 2.80. The normalized spacial score (nSPS) is 26.9. The van der Waals surface area contributed by atoms with Crippen molar-refractivity contribution in [1.29, 1.82) is 0 Å². The summed E-state index contributed by atoms with van der Waals surface area (Å²) in [6.07, 6.45) is 7.32. The van der Waals surface area contributed by atoms with E-state index >= 15 is 0 Å². The summed E-state index contributed by atoms with van der Waals surface area (Å²) in [5.74, 6) is -0.308. The lowest BCUT2D eigenvalue weighted by molar-refractivity contribution is -0.137. The van der Waals surface area contributed by atoms with Gasteiger partial charge in [-0.3, -0.25) is 0 Å². The molecule has 0 aromatic carbocycles. The summed E-state index contributed by atoms with van der Waals surface area (Å²) < 4.78 is 9.83. The van der Waals surface area contributed by atoms with Crippen molar-refractivity contribution in [3.63, 3.8) is 0 Å². The smallest absolute Gasteiger partial charge is 0.330 e. The molecule has 1 fully saturated rings. The van der Waals surface area contributed by atoms with Gasteiger partial charge in [-0.05, 0) is 13.8 Å². The summed E-state index contributed by atoms with van der Waals surface area (Å²) in [5.41, 5.74) is 0. The molecule has 72 valence electrons. The molecule has 1 rings (SSSR count). The number of hydrogen-bond donors (Lipinski definition) is 0. The molecule has 0 unspecified atom stereocenters. The summed E-state index contributed by atoms with van der Waals surface area (Å²) in [6.45, 7) is 4.20. The van der Waals surface area contributed by atoms with Crippen molar-refractivity contribution < 1.29 is 14.3 Å². The van der Waals surface area contributed by atoms with Crippen molar-refractivity contribution in [2.75, 3.05) is 6.61 Å². The Labute approximate surface area is 78.0 Å². The minimum absolute atomic E-state index is 0.229. The van der Waals surface area contributed by atoms with Gasteiger partial charge in [0.1, 0.15) is 6.10 Å². The fourth-order valence-corrected chi connectivity index (χ4v) is 0.902. The largest absolute Gasteiger partial charge is 0.463 e. The van der Waals surface area contributed by atoms with Crippen molar-refractivity contribution in [3.8, 4) is 0 Å². The summed E-state index contributed by atoms with van der Waals surface area (Å²) in [6, 6.07) is 0. The molecule has 0 radical (unpaired) electrons. The highest BCUT2D eigenvalue weighted by Gasteiger charge is 2.30. The quantitative estimate of drug-likeness (QED) is 0.286. The topological polar surface area (TPSA) is 38.8 Å². The van der Waals surface area contributed by atoms with Gasteiger partial charge in [0, 0.05) is 6.08 Å². The first-order chi connectivity index (χ1) is 6.24. The lowest BCUT2D eigenvalue weighted by atomic mass is 10.3. The fourth-order valence-electron chi connectivity index (χ4n) is 0.902. The first-order valence-electron chi connectivity index (χ1n) is 4.41. The van der Waals surface area contributed by atoms with E-state index in [-0.39, 0.29) is 12.1 Å². The molecule has 3 nitrogen and oxygen atoms in total. The SMILES string of the molecule is CCOC(=O)/C=C/C=C/[C@H]1O[C@@H]1C. The lowest BCUT2D eigenvalue weighted by Crippen LogP contribution is -1.98. The van der Waals surface area contributed by atoms with Crippen LogP contribution >= 0.6 is 0 Å². The molecule has 2 atom stereocenters. The lowest BCUT2D eigenvalue weighted by Gasteiger charge is -1.92. The van der Waals surface area contributed by atoms with E-state index in [4.69, 9.17) is 9.47 Å². The van der Waals surface area contributed by atoms with Crippen LogP contribution in [0.5, 0.6) is 0 Å².